The number of carboxylic acids is 1. The van der Waals surface area contributed by atoms with Gasteiger partial charge < -0.3 is 5.11 Å². The Bertz CT molecular complexity index is 918. The molecular weight excluding hydrogens is 330 g/mol. The van der Waals surface area contributed by atoms with Crippen molar-refractivity contribution in [2.45, 2.75) is 6.92 Å². The first-order valence-electron chi connectivity index (χ1n) is 6.30. The minimum absolute atomic E-state index is 0.00201. The van der Waals surface area contributed by atoms with Gasteiger partial charge in [-0.05, 0) is 31.2 Å². The van der Waals surface area contributed by atoms with Crippen LogP contribution >= 0.6 is 22.9 Å². The highest BCUT2D eigenvalue weighted by Crippen LogP contribution is 2.41. The SMILES string of the molecule is Cc1c(F)ccc(-c2c(C(=O)O)sc3cc(Cl)ccc23)c1F. The molecule has 0 fully saturated rings. The van der Waals surface area contributed by atoms with Gasteiger partial charge in [0.25, 0.3) is 0 Å². The van der Waals surface area contributed by atoms with Crippen LogP contribution < -0.4 is 0 Å². The standard InChI is InChI=1S/C16H9ClF2O2S/c1-7-11(18)5-4-10(14(7)19)13-9-3-2-8(17)6-12(9)22-15(13)16(20)21/h2-6H,1H3,(H,20,21). The molecule has 2 aromatic carbocycles. The fourth-order valence-electron chi connectivity index (χ4n) is 2.34. The van der Waals surface area contributed by atoms with Crippen LogP contribution in [0.5, 0.6) is 0 Å². The molecule has 0 radical (unpaired) electrons. The molecule has 3 rings (SSSR count). The number of aromatic carboxylic acids is 1. The Labute approximate surface area is 133 Å². The van der Waals surface area contributed by atoms with Crippen molar-refractivity contribution in [3.63, 3.8) is 0 Å². The normalized spacial score (nSPS) is 11.1. The highest BCUT2D eigenvalue weighted by molar-refractivity contribution is 7.21. The van der Waals surface area contributed by atoms with Crippen molar-refractivity contribution in [2.75, 3.05) is 0 Å². The zero-order chi connectivity index (χ0) is 16.0. The molecule has 2 nitrogen and oxygen atoms in total. The fourth-order valence-corrected chi connectivity index (χ4v) is 3.67. The van der Waals surface area contributed by atoms with Crippen molar-refractivity contribution in [1.82, 2.24) is 0 Å². The van der Waals surface area contributed by atoms with E-state index in [0.717, 1.165) is 17.4 Å². The maximum atomic E-state index is 14.4. The molecule has 1 N–H and O–H groups in total. The summed E-state index contributed by atoms with van der Waals surface area (Å²) in [5.41, 5.74) is 0.191. The topological polar surface area (TPSA) is 37.3 Å². The van der Waals surface area contributed by atoms with E-state index in [0.29, 0.717) is 15.1 Å². The summed E-state index contributed by atoms with van der Waals surface area (Å²) in [4.78, 5) is 11.5. The molecule has 0 saturated carbocycles. The molecule has 0 aliphatic carbocycles. The predicted octanol–water partition coefficient (Wildman–Crippen LogP) is 5.51. The summed E-state index contributed by atoms with van der Waals surface area (Å²) in [5.74, 6) is -2.58. The largest absolute Gasteiger partial charge is 0.477 e. The highest BCUT2D eigenvalue weighted by Gasteiger charge is 2.23. The van der Waals surface area contributed by atoms with E-state index in [1.54, 1.807) is 18.2 Å². The summed E-state index contributed by atoms with van der Waals surface area (Å²) in [5, 5.41) is 10.4. The van der Waals surface area contributed by atoms with E-state index in [1.165, 1.54) is 13.0 Å². The first-order valence-corrected chi connectivity index (χ1v) is 7.50. The van der Waals surface area contributed by atoms with Crippen LogP contribution in [0.3, 0.4) is 0 Å². The van der Waals surface area contributed by atoms with Gasteiger partial charge in [0.1, 0.15) is 16.5 Å². The Kier molecular flexibility index (Phi) is 3.62. The zero-order valence-electron chi connectivity index (χ0n) is 11.3. The van der Waals surface area contributed by atoms with E-state index in [-0.39, 0.29) is 21.6 Å². The average Bonchev–Trinajstić information content (AvgIpc) is 2.83. The number of benzene rings is 2. The van der Waals surface area contributed by atoms with Gasteiger partial charge in [0, 0.05) is 31.8 Å². The number of halogens is 3. The Morgan fingerprint density at radius 1 is 1.23 bits per heavy atom. The molecule has 0 amide bonds. The van der Waals surface area contributed by atoms with E-state index >= 15 is 0 Å². The minimum atomic E-state index is -1.16. The molecule has 1 aromatic heterocycles. The molecule has 3 aromatic rings. The van der Waals surface area contributed by atoms with Gasteiger partial charge in [0.05, 0.1) is 0 Å². The lowest BCUT2D eigenvalue weighted by molar-refractivity contribution is 0.0703. The monoisotopic (exact) mass is 338 g/mol. The molecule has 0 unspecified atom stereocenters. The number of thiophene rings is 1. The Balaban J connectivity index is 2.41. The van der Waals surface area contributed by atoms with Crippen LogP contribution in [0.2, 0.25) is 5.02 Å². The Morgan fingerprint density at radius 3 is 2.64 bits per heavy atom. The molecular formula is C16H9ClF2O2S. The third kappa shape index (κ3) is 2.26. The van der Waals surface area contributed by atoms with E-state index in [1.807, 2.05) is 0 Å². The molecule has 0 atom stereocenters. The Morgan fingerprint density at radius 2 is 1.95 bits per heavy atom. The van der Waals surface area contributed by atoms with Gasteiger partial charge in [-0.2, -0.15) is 0 Å². The van der Waals surface area contributed by atoms with Crippen molar-refractivity contribution < 1.29 is 18.7 Å². The van der Waals surface area contributed by atoms with Gasteiger partial charge >= 0.3 is 5.97 Å². The molecule has 0 aliphatic rings. The van der Waals surface area contributed by atoms with Gasteiger partial charge in [-0.3, -0.25) is 0 Å². The van der Waals surface area contributed by atoms with Gasteiger partial charge in [0.15, 0.2) is 0 Å². The van der Waals surface area contributed by atoms with Crippen molar-refractivity contribution in [3.8, 4) is 11.1 Å². The molecule has 0 aliphatic heterocycles. The van der Waals surface area contributed by atoms with Crippen molar-refractivity contribution in [2.24, 2.45) is 0 Å². The van der Waals surface area contributed by atoms with Crippen LogP contribution in [0.25, 0.3) is 21.2 Å². The van der Waals surface area contributed by atoms with E-state index in [2.05, 4.69) is 0 Å². The third-order valence-corrected chi connectivity index (χ3v) is 4.81. The summed E-state index contributed by atoms with van der Waals surface area (Å²) < 4.78 is 28.5. The maximum absolute atomic E-state index is 14.4. The van der Waals surface area contributed by atoms with Gasteiger partial charge in [-0.15, -0.1) is 11.3 Å². The van der Waals surface area contributed by atoms with Crippen LogP contribution in [-0.2, 0) is 0 Å². The molecule has 0 spiro atoms. The highest BCUT2D eigenvalue weighted by atomic mass is 35.5. The van der Waals surface area contributed by atoms with Crippen molar-refractivity contribution in [3.05, 3.63) is 57.4 Å². The number of carboxylic acid groups (broad SMARTS) is 1. The van der Waals surface area contributed by atoms with E-state index in [4.69, 9.17) is 11.6 Å². The summed E-state index contributed by atoms with van der Waals surface area (Å²) in [6, 6.07) is 7.29. The summed E-state index contributed by atoms with van der Waals surface area (Å²) in [6.07, 6.45) is 0. The smallest absolute Gasteiger partial charge is 0.346 e. The molecule has 1 heterocycles. The van der Waals surface area contributed by atoms with Gasteiger partial charge in [-0.25, -0.2) is 13.6 Å². The number of fused-ring (bicyclic) bond motifs is 1. The second-order valence-corrected chi connectivity index (χ2v) is 6.27. The summed E-state index contributed by atoms with van der Waals surface area (Å²) in [7, 11) is 0. The van der Waals surface area contributed by atoms with Gasteiger partial charge in [-0.1, -0.05) is 17.7 Å². The van der Waals surface area contributed by atoms with Crippen LogP contribution in [0.4, 0.5) is 8.78 Å². The average molecular weight is 339 g/mol. The van der Waals surface area contributed by atoms with E-state index < -0.39 is 17.6 Å². The number of carbonyl (C=O) groups is 1. The number of hydrogen-bond acceptors (Lipinski definition) is 2. The lowest BCUT2D eigenvalue weighted by Gasteiger charge is -2.07. The summed E-state index contributed by atoms with van der Waals surface area (Å²) >= 11 is 6.93. The first kappa shape index (κ1) is 14.9. The second-order valence-electron chi connectivity index (χ2n) is 4.79. The van der Waals surface area contributed by atoms with Crippen molar-refractivity contribution in [1.29, 1.82) is 0 Å². The molecule has 22 heavy (non-hydrogen) atoms. The second kappa shape index (κ2) is 5.34. The summed E-state index contributed by atoms with van der Waals surface area (Å²) in [6.45, 7) is 1.32. The predicted molar refractivity (Wildman–Crippen MR) is 83.9 cm³/mol. The fraction of sp³-hybridized carbons (Fsp3) is 0.0625. The van der Waals surface area contributed by atoms with Crippen LogP contribution in [-0.4, -0.2) is 11.1 Å². The minimum Gasteiger partial charge on any atom is -0.477 e. The van der Waals surface area contributed by atoms with Gasteiger partial charge in [0.2, 0.25) is 0 Å². The molecule has 0 saturated heterocycles. The quantitative estimate of drug-likeness (QED) is 0.669. The van der Waals surface area contributed by atoms with E-state index in [9.17, 15) is 18.7 Å². The molecule has 112 valence electrons. The lowest BCUT2D eigenvalue weighted by Crippen LogP contribution is -1.98. The van der Waals surface area contributed by atoms with Crippen LogP contribution in [0.15, 0.2) is 30.3 Å². The zero-order valence-corrected chi connectivity index (χ0v) is 12.9. The van der Waals surface area contributed by atoms with Crippen LogP contribution in [0.1, 0.15) is 15.2 Å². The molecule has 6 heteroatoms. The maximum Gasteiger partial charge on any atom is 0.346 e. The van der Waals surface area contributed by atoms with Crippen molar-refractivity contribution >= 4 is 39.0 Å². The van der Waals surface area contributed by atoms with Crippen LogP contribution in [0, 0.1) is 18.6 Å². The first-order chi connectivity index (χ1) is 10.4. The lowest BCUT2D eigenvalue weighted by atomic mass is 9.99. The molecule has 0 bridgehead atoms. The number of hydrogen-bond donors (Lipinski definition) is 1. The third-order valence-electron chi connectivity index (χ3n) is 3.44. The Hall–Kier alpha value is -1.98. The number of rotatable bonds is 2.